The molecule has 0 bridgehead atoms. The number of nitrogens with zero attached hydrogens (tertiary/aromatic N) is 2. The van der Waals surface area contributed by atoms with Crippen LogP contribution < -0.4 is 5.73 Å². The number of aromatic nitrogens is 1. The first-order valence-electron chi connectivity index (χ1n) is 6.03. The number of hydrogen-bond donors (Lipinski definition) is 3. The zero-order chi connectivity index (χ0) is 15.1. The zero-order valence-corrected chi connectivity index (χ0v) is 11.1. The van der Waals surface area contributed by atoms with E-state index in [-0.39, 0.29) is 0 Å². The number of carbonyl (C=O) groups is 2. The maximum Gasteiger partial charge on any atom is 0.414 e. The highest BCUT2D eigenvalue weighted by Gasteiger charge is 2.16. The van der Waals surface area contributed by atoms with Gasteiger partial charge < -0.3 is 20.5 Å². The Bertz CT molecular complexity index is 497. The molecule has 0 radical (unpaired) electrons. The van der Waals surface area contributed by atoms with Crippen LogP contribution in [0.4, 0.5) is 5.88 Å². The summed E-state index contributed by atoms with van der Waals surface area (Å²) in [5, 5.41) is 18.5. The Kier molecular flexibility index (Phi) is 5.73. The molecule has 20 heavy (non-hydrogen) atoms. The van der Waals surface area contributed by atoms with E-state index in [0.29, 0.717) is 5.88 Å². The van der Waals surface area contributed by atoms with E-state index in [0.717, 1.165) is 31.6 Å². The van der Waals surface area contributed by atoms with Crippen LogP contribution >= 0.6 is 0 Å². The van der Waals surface area contributed by atoms with Crippen LogP contribution in [-0.2, 0) is 9.59 Å². The van der Waals surface area contributed by atoms with Crippen molar-refractivity contribution in [2.24, 2.45) is 0 Å². The Balaban J connectivity index is 0.000000286. The van der Waals surface area contributed by atoms with E-state index in [1.807, 2.05) is 0 Å². The van der Waals surface area contributed by atoms with Gasteiger partial charge in [0.1, 0.15) is 0 Å². The van der Waals surface area contributed by atoms with Crippen molar-refractivity contribution in [3.05, 3.63) is 17.8 Å². The molecule has 8 heteroatoms. The van der Waals surface area contributed by atoms with Crippen molar-refractivity contribution in [2.75, 3.05) is 25.4 Å². The van der Waals surface area contributed by atoms with Crippen LogP contribution in [0.5, 0.6) is 0 Å². The van der Waals surface area contributed by atoms with E-state index in [1.165, 1.54) is 5.57 Å². The smallest absolute Gasteiger partial charge is 0.414 e. The number of rotatable bonds is 2. The number of anilines is 1. The highest BCUT2D eigenvalue weighted by atomic mass is 16.5. The maximum atomic E-state index is 9.10. The first-order valence-corrected chi connectivity index (χ1v) is 6.03. The fraction of sp³-hybridized carbons (Fsp3) is 0.417. The summed E-state index contributed by atoms with van der Waals surface area (Å²) in [6, 6.07) is 0. The molecule has 0 amide bonds. The molecule has 1 aromatic heterocycles. The van der Waals surface area contributed by atoms with Crippen LogP contribution in [0.1, 0.15) is 18.9 Å². The van der Waals surface area contributed by atoms with E-state index in [2.05, 4.69) is 23.1 Å². The average molecular weight is 283 g/mol. The minimum absolute atomic E-state index is 0.425. The maximum absolute atomic E-state index is 9.10. The van der Waals surface area contributed by atoms with Gasteiger partial charge in [-0.25, -0.2) is 9.59 Å². The second kappa shape index (κ2) is 7.29. The molecule has 0 spiro atoms. The summed E-state index contributed by atoms with van der Waals surface area (Å²) in [7, 11) is 0. The molecule has 0 fully saturated rings. The van der Waals surface area contributed by atoms with Gasteiger partial charge in [0.2, 0.25) is 5.88 Å². The van der Waals surface area contributed by atoms with Gasteiger partial charge in [0, 0.05) is 13.1 Å². The molecule has 0 aromatic carbocycles. The number of nitrogen functional groups attached to an aromatic ring is 1. The molecule has 0 aliphatic carbocycles. The van der Waals surface area contributed by atoms with Crippen LogP contribution in [0.3, 0.4) is 0 Å². The monoisotopic (exact) mass is 283 g/mol. The molecular formula is C12H17N3O5. The summed E-state index contributed by atoms with van der Waals surface area (Å²) in [6.45, 7) is 5.32. The molecule has 1 aliphatic heterocycles. The van der Waals surface area contributed by atoms with Gasteiger partial charge in [-0.15, -0.1) is 0 Å². The first-order chi connectivity index (χ1) is 9.45. The quantitative estimate of drug-likeness (QED) is 0.670. The number of carboxylic acids is 2. The third-order valence-electron chi connectivity index (χ3n) is 2.80. The molecule has 2 heterocycles. The standard InChI is InChI=1S/C10H15N3O.C2H2O4/c1-2-13-5-3-4-8(7-13)9-6-12-14-10(9)11;3-1(4)2(5)6/h4,6H,2-3,5,7,11H2,1H3;(H,3,4)(H,5,6). The molecule has 1 aromatic rings. The van der Waals surface area contributed by atoms with Crippen LogP contribution in [0, 0.1) is 0 Å². The van der Waals surface area contributed by atoms with Crippen molar-refractivity contribution in [3.63, 3.8) is 0 Å². The third-order valence-corrected chi connectivity index (χ3v) is 2.80. The van der Waals surface area contributed by atoms with Crippen molar-refractivity contribution in [3.8, 4) is 0 Å². The normalized spacial score (nSPS) is 14.9. The highest BCUT2D eigenvalue weighted by Crippen LogP contribution is 2.24. The second-order valence-corrected chi connectivity index (χ2v) is 4.10. The molecule has 0 unspecified atom stereocenters. The summed E-state index contributed by atoms with van der Waals surface area (Å²) in [6.07, 6.45) is 4.99. The minimum Gasteiger partial charge on any atom is -0.473 e. The lowest BCUT2D eigenvalue weighted by Crippen LogP contribution is -2.29. The number of nitrogens with two attached hydrogens (primary N) is 1. The topological polar surface area (TPSA) is 130 Å². The van der Waals surface area contributed by atoms with E-state index in [4.69, 9.17) is 30.1 Å². The fourth-order valence-electron chi connectivity index (χ4n) is 1.76. The van der Waals surface area contributed by atoms with E-state index < -0.39 is 11.9 Å². The Morgan fingerprint density at radius 1 is 1.45 bits per heavy atom. The van der Waals surface area contributed by atoms with Crippen LogP contribution in [0.2, 0.25) is 0 Å². The van der Waals surface area contributed by atoms with Crippen molar-refractivity contribution < 1.29 is 24.3 Å². The fourth-order valence-corrected chi connectivity index (χ4v) is 1.76. The highest BCUT2D eigenvalue weighted by molar-refractivity contribution is 6.27. The SMILES string of the molecule is CCN1CCC=C(c2cnoc2N)C1.O=C(O)C(=O)O. The molecule has 1 aliphatic rings. The minimum atomic E-state index is -1.82. The molecule has 4 N–H and O–H groups in total. The van der Waals surface area contributed by atoms with Crippen molar-refractivity contribution in [1.82, 2.24) is 10.1 Å². The molecule has 2 rings (SSSR count). The number of carboxylic acid groups (broad SMARTS) is 2. The number of likely N-dealkylation sites (N-methyl/N-ethyl adjacent to an activating group) is 1. The second-order valence-electron chi connectivity index (χ2n) is 4.10. The molecular weight excluding hydrogens is 266 g/mol. The van der Waals surface area contributed by atoms with Gasteiger partial charge in [0.15, 0.2) is 0 Å². The Labute approximate surface area is 115 Å². The third kappa shape index (κ3) is 4.39. The Morgan fingerprint density at radius 2 is 2.10 bits per heavy atom. The number of hydrogen-bond acceptors (Lipinski definition) is 6. The summed E-state index contributed by atoms with van der Waals surface area (Å²) < 4.78 is 4.86. The zero-order valence-electron chi connectivity index (χ0n) is 11.1. The Hall–Kier alpha value is -2.35. The molecule has 0 saturated carbocycles. The molecule has 8 nitrogen and oxygen atoms in total. The molecule has 0 saturated heterocycles. The van der Waals surface area contributed by atoms with Crippen LogP contribution in [-0.4, -0.2) is 51.8 Å². The van der Waals surface area contributed by atoms with Gasteiger partial charge in [-0.2, -0.15) is 0 Å². The summed E-state index contributed by atoms with van der Waals surface area (Å²) in [5.74, 6) is -3.22. The van der Waals surface area contributed by atoms with Crippen molar-refractivity contribution in [1.29, 1.82) is 0 Å². The summed E-state index contributed by atoms with van der Waals surface area (Å²) in [4.78, 5) is 20.6. The predicted molar refractivity (Wildman–Crippen MR) is 70.9 cm³/mol. The van der Waals surface area contributed by atoms with Gasteiger partial charge in [-0.1, -0.05) is 18.2 Å². The summed E-state index contributed by atoms with van der Waals surface area (Å²) >= 11 is 0. The summed E-state index contributed by atoms with van der Waals surface area (Å²) in [5.41, 5.74) is 7.85. The molecule has 110 valence electrons. The lowest BCUT2D eigenvalue weighted by Gasteiger charge is -2.25. The van der Waals surface area contributed by atoms with Crippen LogP contribution in [0.15, 0.2) is 16.8 Å². The number of aliphatic carboxylic acids is 2. The van der Waals surface area contributed by atoms with Gasteiger partial charge in [0.25, 0.3) is 0 Å². The van der Waals surface area contributed by atoms with Gasteiger partial charge in [-0.3, -0.25) is 4.90 Å². The lowest BCUT2D eigenvalue weighted by atomic mass is 10.0. The van der Waals surface area contributed by atoms with Gasteiger partial charge >= 0.3 is 11.9 Å². The lowest BCUT2D eigenvalue weighted by molar-refractivity contribution is -0.159. The largest absolute Gasteiger partial charge is 0.473 e. The van der Waals surface area contributed by atoms with Crippen molar-refractivity contribution >= 4 is 23.4 Å². The van der Waals surface area contributed by atoms with Gasteiger partial charge in [0.05, 0.1) is 11.8 Å². The van der Waals surface area contributed by atoms with Crippen molar-refractivity contribution in [2.45, 2.75) is 13.3 Å². The predicted octanol–water partition coefficient (Wildman–Crippen LogP) is 0.521. The van der Waals surface area contributed by atoms with E-state index in [1.54, 1.807) is 6.20 Å². The Morgan fingerprint density at radius 3 is 2.55 bits per heavy atom. The van der Waals surface area contributed by atoms with Crippen LogP contribution in [0.25, 0.3) is 5.57 Å². The van der Waals surface area contributed by atoms with E-state index >= 15 is 0 Å². The average Bonchev–Trinajstić information content (AvgIpc) is 2.85. The first kappa shape index (κ1) is 15.7. The van der Waals surface area contributed by atoms with E-state index in [9.17, 15) is 0 Å². The molecule has 0 atom stereocenters. The van der Waals surface area contributed by atoms with Gasteiger partial charge in [-0.05, 0) is 18.5 Å².